The van der Waals surface area contributed by atoms with Gasteiger partial charge in [-0.15, -0.1) is 0 Å². The molecule has 1 atom stereocenters. The third kappa shape index (κ3) is 1.36. The largest absolute Gasteiger partial charge is 0.384 e. The lowest BCUT2D eigenvalue weighted by Crippen LogP contribution is -2.51. The first-order valence-corrected chi connectivity index (χ1v) is 2.74. The van der Waals surface area contributed by atoms with Gasteiger partial charge in [0.25, 0.3) is 0 Å². The summed E-state index contributed by atoms with van der Waals surface area (Å²) in [6.45, 7) is 1.22. The lowest BCUT2D eigenvalue weighted by atomic mass is 10.3. The van der Waals surface area contributed by atoms with Gasteiger partial charge in [0, 0.05) is 0 Å². The fourth-order valence-corrected chi connectivity index (χ4v) is 0.613. The molecular weight excluding hydrogens is 140 g/mol. The molecule has 49 valence electrons. The Morgan fingerprint density at radius 2 is 2.44 bits per heavy atom. The second-order valence-electron chi connectivity index (χ2n) is 1.57. The van der Waals surface area contributed by atoms with Crippen LogP contribution in [0.1, 0.15) is 0 Å². The number of nitrogens with one attached hydrogen (secondary N) is 2. The molecule has 0 aromatic heterocycles. The Labute approximate surface area is 57.2 Å². The summed E-state index contributed by atoms with van der Waals surface area (Å²) in [5.41, 5.74) is 0. The standard InChI is InChI=1S/C4H5N2O2S/c7-2-1-5-4(8)6-3(2)9/h1-2,7H,(H2,5,6,8,9). The number of aliphatic hydroxyl groups is 1. The zero-order chi connectivity index (χ0) is 6.85. The van der Waals surface area contributed by atoms with E-state index in [2.05, 4.69) is 22.9 Å². The predicted octanol–water partition coefficient (Wildman–Crippen LogP) is -0.851. The van der Waals surface area contributed by atoms with E-state index < -0.39 is 12.1 Å². The summed E-state index contributed by atoms with van der Waals surface area (Å²) in [5, 5.41) is 13.3. The van der Waals surface area contributed by atoms with Crippen molar-refractivity contribution < 1.29 is 9.90 Å². The zero-order valence-corrected chi connectivity index (χ0v) is 5.23. The summed E-state index contributed by atoms with van der Waals surface area (Å²) in [6.07, 6.45) is -0.849. The van der Waals surface area contributed by atoms with Crippen molar-refractivity contribution in [1.82, 2.24) is 10.6 Å². The summed E-state index contributed by atoms with van der Waals surface area (Å²) in [4.78, 5) is 10.5. The zero-order valence-electron chi connectivity index (χ0n) is 4.42. The van der Waals surface area contributed by atoms with Crippen LogP contribution in [0.2, 0.25) is 0 Å². The second kappa shape index (κ2) is 2.28. The second-order valence-corrected chi connectivity index (χ2v) is 2.01. The number of hydrogen-bond acceptors (Lipinski definition) is 3. The Bertz CT molecular complexity index is 159. The SMILES string of the molecule is O=C1N[CH]C(O)C(=S)N1. The van der Waals surface area contributed by atoms with E-state index in [9.17, 15) is 4.79 Å². The Balaban J connectivity index is 2.54. The quantitative estimate of drug-likeness (QED) is 0.389. The Morgan fingerprint density at radius 3 is 2.89 bits per heavy atom. The molecule has 0 aromatic rings. The molecule has 3 N–H and O–H groups in total. The molecule has 1 aliphatic heterocycles. The third-order valence-corrected chi connectivity index (χ3v) is 1.22. The van der Waals surface area contributed by atoms with Gasteiger partial charge in [-0.1, -0.05) is 12.2 Å². The van der Waals surface area contributed by atoms with Crippen molar-refractivity contribution in [2.75, 3.05) is 0 Å². The smallest absolute Gasteiger partial charge is 0.320 e. The third-order valence-electron chi connectivity index (χ3n) is 0.878. The van der Waals surface area contributed by atoms with Crippen molar-refractivity contribution in [2.45, 2.75) is 6.10 Å². The Hall–Kier alpha value is -0.680. The monoisotopic (exact) mass is 145 g/mol. The molecule has 1 unspecified atom stereocenters. The molecule has 2 amide bonds. The molecule has 1 fully saturated rings. The van der Waals surface area contributed by atoms with Crippen molar-refractivity contribution >= 4 is 23.2 Å². The maximum atomic E-state index is 10.4. The number of amides is 2. The molecule has 0 aromatic carbocycles. The van der Waals surface area contributed by atoms with E-state index in [0.29, 0.717) is 0 Å². The van der Waals surface area contributed by atoms with Crippen LogP contribution in [0.3, 0.4) is 0 Å². The summed E-state index contributed by atoms with van der Waals surface area (Å²) in [6, 6.07) is -0.398. The molecular formula is C4H5N2O2S. The highest BCUT2D eigenvalue weighted by Crippen LogP contribution is 1.93. The highest BCUT2D eigenvalue weighted by atomic mass is 32.1. The Kier molecular flexibility index (Phi) is 1.63. The maximum Gasteiger partial charge on any atom is 0.320 e. The molecule has 1 aliphatic rings. The fraction of sp³-hybridized carbons (Fsp3) is 0.250. The van der Waals surface area contributed by atoms with Gasteiger partial charge >= 0.3 is 6.03 Å². The van der Waals surface area contributed by atoms with Crippen LogP contribution in [-0.4, -0.2) is 22.2 Å². The number of urea groups is 1. The summed E-state index contributed by atoms with van der Waals surface area (Å²) < 4.78 is 0. The predicted molar refractivity (Wildman–Crippen MR) is 34.6 cm³/mol. The van der Waals surface area contributed by atoms with Gasteiger partial charge in [-0.25, -0.2) is 4.79 Å². The minimum absolute atomic E-state index is 0.138. The average molecular weight is 145 g/mol. The number of rotatable bonds is 0. The molecule has 0 aliphatic carbocycles. The number of carbonyl (C=O) groups excluding carboxylic acids is 1. The van der Waals surface area contributed by atoms with Crippen molar-refractivity contribution in [1.29, 1.82) is 0 Å². The average Bonchev–Trinajstić information content (AvgIpc) is 1.80. The van der Waals surface area contributed by atoms with E-state index in [1.165, 1.54) is 6.54 Å². The van der Waals surface area contributed by atoms with E-state index in [0.717, 1.165) is 0 Å². The van der Waals surface area contributed by atoms with E-state index in [1.54, 1.807) is 0 Å². The molecule has 0 spiro atoms. The van der Waals surface area contributed by atoms with Crippen LogP contribution in [0.15, 0.2) is 0 Å². The van der Waals surface area contributed by atoms with E-state index in [-0.39, 0.29) is 4.99 Å². The number of aliphatic hydroxyl groups excluding tert-OH is 1. The van der Waals surface area contributed by atoms with Gasteiger partial charge in [0.15, 0.2) is 0 Å². The minimum atomic E-state index is -0.849. The van der Waals surface area contributed by atoms with Crippen LogP contribution >= 0.6 is 12.2 Å². The summed E-state index contributed by atoms with van der Waals surface area (Å²) in [7, 11) is 0. The highest BCUT2D eigenvalue weighted by Gasteiger charge is 2.19. The number of hydrogen-bond donors (Lipinski definition) is 3. The van der Waals surface area contributed by atoms with Crippen molar-refractivity contribution in [3.05, 3.63) is 6.54 Å². The Morgan fingerprint density at radius 1 is 1.78 bits per heavy atom. The van der Waals surface area contributed by atoms with Gasteiger partial charge in [0.1, 0.15) is 11.1 Å². The molecule has 4 nitrogen and oxygen atoms in total. The van der Waals surface area contributed by atoms with E-state index >= 15 is 0 Å². The lowest BCUT2D eigenvalue weighted by molar-refractivity contribution is 0.225. The van der Waals surface area contributed by atoms with Gasteiger partial charge in [-0.05, 0) is 0 Å². The first-order chi connectivity index (χ1) is 4.20. The topological polar surface area (TPSA) is 61.4 Å². The molecule has 0 bridgehead atoms. The van der Waals surface area contributed by atoms with Crippen LogP contribution in [-0.2, 0) is 0 Å². The summed E-state index contributed by atoms with van der Waals surface area (Å²) >= 11 is 4.55. The van der Waals surface area contributed by atoms with Crippen LogP contribution in [0.5, 0.6) is 0 Å². The van der Waals surface area contributed by atoms with Crippen LogP contribution in [0.4, 0.5) is 4.79 Å². The lowest BCUT2D eigenvalue weighted by Gasteiger charge is -2.18. The molecule has 9 heavy (non-hydrogen) atoms. The molecule has 1 saturated heterocycles. The van der Waals surface area contributed by atoms with Gasteiger partial charge in [0.05, 0.1) is 6.54 Å². The molecule has 0 saturated carbocycles. The van der Waals surface area contributed by atoms with Crippen LogP contribution < -0.4 is 10.6 Å². The van der Waals surface area contributed by atoms with E-state index in [1.807, 2.05) is 0 Å². The van der Waals surface area contributed by atoms with Crippen molar-refractivity contribution in [3.63, 3.8) is 0 Å². The number of carbonyl (C=O) groups is 1. The fourth-order valence-electron chi connectivity index (χ4n) is 0.452. The molecule has 5 heteroatoms. The number of thiocarbonyl (C=S) groups is 1. The maximum absolute atomic E-state index is 10.4. The van der Waals surface area contributed by atoms with Crippen LogP contribution in [0.25, 0.3) is 0 Å². The van der Waals surface area contributed by atoms with Gasteiger partial charge in [-0.3, -0.25) is 5.32 Å². The van der Waals surface area contributed by atoms with Crippen molar-refractivity contribution in [3.8, 4) is 0 Å². The normalized spacial score (nSPS) is 27.0. The van der Waals surface area contributed by atoms with Crippen LogP contribution in [0, 0.1) is 6.54 Å². The molecule has 1 heterocycles. The van der Waals surface area contributed by atoms with Gasteiger partial charge in [0.2, 0.25) is 0 Å². The first kappa shape index (κ1) is 6.44. The first-order valence-electron chi connectivity index (χ1n) is 2.33. The molecule has 1 radical (unpaired) electrons. The van der Waals surface area contributed by atoms with E-state index in [4.69, 9.17) is 5.11 Å². The highest BCUT2D eigenvalue weighted by molar-refractivity contribution is 7.80. The minimum Gasteiger partial charge on any atom is -0.384 e. The summed E-state index contributed by atoms with van der Waals surface area (Å²) in [5.74, 6) is 0. The van der Waals surface area contributed by atoms with Gasteiger partial charge < -0.3 is 10.4 Å². The van der Waals surface area contributed by atoms with Crippen molar-refractivity contribution in [2.24, 2.45) is 0 Å². The molecule has 1 rings (SSSR count). The van der Waals surface area contributed by atoms with Gasteiger partial charge in [-0.2, -0.15) is 0 Å².